The number of methoxy groups -OCH3 is 1. The van der Waals surface area contributed by atoms with Crippen LogP contribution in [0.15, 0.2) is 11.0 Å². The van der Waals surface area contributed by atoms with Gasteiger partial charge in [0.1, 0.15) is 18.1 Å². The number of rotatable bonds is 7. The first kappa shape index (κ1) is 19.0. The van der Waals surface area contributed by atoms with Gasteiger partial charge in [-0.15, -0.1) is 0 Å². The molecule has 0 radical (unpaired) electrons. The quantitative estimate of drug-likeness (QED) is 0.451. The predicted molar refractivity (Wildman–Crippen MR) is 81.3 cm³/mol. The maximum absolute atomic E-state index is 12.1. The molecule has 1 aromatic rings. The summed E-state index contributed by atoms with van der Waals surface area (Å²) in [5, 5.41) is 12.7. The molecule has 11 nitrogen and oxygen atoms in total. The highest BCUT2D eigenvalue weighted by atomic mass is 31.2. The van der Waals surface area contributed by atoms with Gasteiger partial charge < -0.3 is 29.7 Å². The Morgan fingerprint density at radius 2 is 2.25 bits per heavy atom. The third kappa shape index (κ3) is 4.61. The molecule has 0 aliphatic carbocycles. The number of aliphatic hydroxyl groups excluding tert-OH is 1. The lowest BCUT2D eigenvalue weighted by Crippen LogP contribution is -2.29. The number of hydrogen-bond donors (Lipinski definition) is 4. The summed E-state index contributed by atoms with van der Waals surface area (Å²) in [6, 6.07) is 0. The van der Waals surface area contributed by atoms with E-state index in [0.717, 1.165) is 0 Å². The highest BCUT2D eigenvalue weighted by molar-refractivity contribution is 7.46. The molecule has 4 N–H and O–H groups in total. The van der Waals surface area contributed by atoms with E-state index in [1.165, 1.54) is 17.9 Å². The van der Waals surface area contributed by atoms with Crippen molar-refractivity contribution in [1.82, 2.24) is 9.55 Å². The molecule has 3 atom stereocenters. The van der Waals surface area contributed by atoms with Crippen molar-refractivity contribution in [2.75, 3.05) is 26.1 Å². The number of aliphatic hydroxyl groups is 1. The van der Waals surface area contributed by atoms with Gasteiger partial charge in [0.2, 0.25) is 0 Å². The summed E-state index contributed by atoms with van der Waals surface area (Å²) in [7, 11) is -1.55. The zero-order valence-electron chi connectivity index (χ0n) is 13.2. The molecule has 2 rings (SSSR count). The average molecular weight is 365 g/mol. The molecule has 0 unspecified atom stereocenters. The topological polar surface area (TPSA) is 152 Å². The predicted octanol–water partition coefficient (Wildman–Crippen LogP) is -0.811. The van der Waals surface area contributed by atoms with Gasteiger partial charge in [-0.3, -0.25) is 9.09 Å². The van der Waals surface area contributed by atoms with Crippen LogP contribution in [-0.2, 0) is 25.2 Å². The summed E-state index contributed by atoms with van der Waals surface area (Å²) in [5.74, 6) is 0.373. The number of ether oxygens (including phenoxy) is 2. The van der Waals surface area contributed by atoms with Crippen molar-refractivity contribution < 1.29 is 33.5 Å². The van der Waals surface area contributed by atoms with Gasteiger partial charge in [0.15, 0.2) is 0 Å². The second-order valence-electron chi connectivity index (χ2n) is 5.21. The molecule has 0 bridgehead atoms. The van der Waals surface area contributed by atoms with E-state index < -0.39 is 38.6 Å². The molecule has 1 fully saturated rings. The molecule has 1 saturated heterocycles. The highest BCUT2D eigenvalue weighted by Gasteiger charge is 2.37. The Hall–Kier alpha value is -1.33. The summed E-state index contributed by atoms with van der Waals surface area (Å²) < 4.78 is 26.8. The van der Waals surface area contributed by atoms with Crippen LogP contribution in [0.2, 0.25) is 0 Å². The third-order valence-electron chi connectivity index (χ3n) is 3.49. The van der Waals surface area contributed by atoms with E-state index in [-0.39, 0.29) is 13.0 Å². The first-order valence-electron chi connectivity index (χ1n) is 7.07. The second kappa shape index (κ2) is 7.70. The van der Waals surface area contributed by atoms with Crippen LogP contribution in [0.1, 0.15) is 18.2 Å². The normalized spacial score (nSPS) is 24.3. The molecule has 2 heterocycles. The van der Waals surface area contributed by atoms with Gasteiger partial charge in [0.05, 0.1) is 19.3 Å². The fourth-order valence-electron chi connectivity index (χ4n) is 2.40. The lowest BCUT2D eigenvalue weighted by Gasteiger charge is -2.18. The number of nitrogens with zero attached hydrogens (tertiary/aromatic N) is 2. The molecular weight excluding hydrogens is 345 g/mol. The van der Waals surface area contributed by atoms with E-state index in [1.54, 1.807) is 7.05 Å². The minimum absolute atomic E-state index is 0.0576. The van der Waals surface area contributed by atoms with Gasteiger partial charge in [-0.25, -0.2) is 9.36 Å². The molecule has 136 valence electrons. The van der Waals surface area contributed by atoms with Crippen LogP contribution in [0.5, 0.6) is 0 Å². The Kier molecular flexibility index (Phi) is 6.10. The van der Waals surface area contributed by atoms with Crippen LogP contribution in [0.3, 0.4) is 0 Å². The number of phosphoric acid groups is 1. The number of nitrogens with one attached hydrogen (secondary N) is 1. The second-order valence-corrected chi connectivity index (χ2v) is 6.45. The zero-order valence-corrected chi connectivity index (χ0v) is 14.0. The van der Waals surface area contributed by atoms with Gasteiger partial charge >= 0.3 is 13.5 Å². The molecular formula is C12H20N3O8P. The molecule has 0 spiro atoms. The monoisotopic (exact) mass is 365 g/mol. The van der Waals surface area contributed by atoms with E-state index in [1.807, 2.05) is 0 Å². The van der Waals surface area contributed by atoms with Crippen molar-refractivity contribution in [2.45, 2.75) is 31.5 Å². The van der Waals surface area contributed by atoms with Gasteiger partial charge in [0.25, 0.3) is 0 Å². The Balaban J connectivity index is 2.18. The van der Waals surface area contributed by atoms with Gasteiger partial charge in [-0.05, 0) is 0 Å². The van der Waals surface area contributed by atoms with Crippen molar-refractivity contribution in [2.24, 2.45) is 0 Å². The largest absolute Gasteiger partial charge is 0.469 e. The summed E-state index contributed by atoms with van der Waals surface area (Å²) in [6.07, 6.45) is -1.27. The molecule has 12 heteroatoms. The maximum Gasteiger partial charge on any atom is 0.469 e. The minimum Gasteiger partial charge on any atom is -0.390 e. The fourth-order valence-corrected chi connectivity index (χ4v) is 2.74. The van der Waals surface area contributed by atoms with E-state index in [0.29, 0.717) is 11.4 Å². The Morgan fingerprint density at radius 1 is 1.54 bits per heavy atom. The molecule has 1 aromatic heterocycles. The maximum atomic E-state index is 12.1. The van der Waals surface area contributed by atoms with Crippen molar-refractivity contribution in [3.8, 4) is 0 Å². The number of anilines is 1. The Labute approximate surface area is 137 Å². The Morgan fingerprint density at radius 3 is 2.83 bits per heavy atom. The highest BCUT2D eigenvalue weighted by Crippen LogP contribution is 2.38. The summed E-state index contributed by atoms with van der Waals surface area (Å²) in [5.41, 5.74) is 0.0283. The van der Waals surface area contributed by atoms with E-state index >= 15 is 0 Å². The van der Waals surface area contributed by atoms with Gasteiger partial charge in [-0.2, -0.15) is 4.98 Å². The smallest absolute Gasteiger partial charge is 0.390 e. The summed E-state index contributed by atoms with van der Waals surface area (Å²) in [6.45, 7) is -0.285. The molecule has 1 aliphatic rings. The van der Waals surface area contributed by atoms with Crippen molar-refractivity contribution in [3.63, 3.8) is 0 Å². The molecule has 24 heavy (non-hydrogen) atoms. The van der Waals surface area contributed by atoms with Crippen LogP contribution in [-0.4, -0.2) is 57.4 Å². The first-order chi connectivity index (χ1) is 11.2. The van der Waals surface area contributed by atoms with Gasteiger partial charge in [0, 0.05) is 32.3 Å². The van der Waals surface area contributed by atoms with E-state index in [2.05, 4.69) is 14.8 Å². The van der Waals surface area contributed by atoms with Crippen LogP contribution in [0.4, 0.5) is 5.82 Å². The van der Waals surface area contributed by atoms with Crippen LogP contribution in [0, 0.1) is 0 Å². The lowest BCUT2D eigenvalue weighted by molar-refractivity contribution is -0.0451. The van der Waals surface area contributed by atoms with Crippen molar-refractivity contribution in [1.29, 1.82) is 0 Å². The van der Waals surface area contributed by atoms with Crippen molar-refractivity contribution >= 4 is 13.6 Å². The number of aromatic nitrogens is 2. The lowest BCUT2D eigenvalue weighted by atomic mass is 10.2. The number of phosphoric ester groups is 1. The van der Waals surface area contributed by atoms with E-state index in [4.69, 9.17) is 19.3 Å². The summed E-state index contributed by atoms with van der Waals surface area (Å²) in [4.78, 5) is 33.4. The van der Waals surface area contributed by atoms with Crippen LogP contribution in [0.25, 0.3) is 0 Å². The third-order valence-corrected chi connectivity index (χ3v) is 3.97. The summed E-state index contributed by atoms with van der Waals surface area (Å²) >= 11 is 0. The van der Waals surface area contributed by atoms with E-state index in [9.17, 15) is 14.5 Å². The SMILES string of the molecule is CNc1nc(=O)n([C@H]2C[C@H](O)[C@@H](COP(=O)(O)O)O2)cc1COC. The van der Waals surface area contributed by atoms with Crippen LogP contribution >= 0.6 is 7.82 Å². The molecule has 1 aliphatic heterocycles. The Bertz CT molecular complexity index is 675. The fraction of sp³-hybridized carbons (Fsp3) is 0.667. The molecule has 0 saturated carbocycles. The average Bonchev–Trinajstić information content (AvgIpc) is 2.87. The van der Waals surface area contributed by atoms with Crippen molar-refractivity contribution in [3.05, 3.63) is 22.2 Å². The number of hydrogen-bond acceptors (Lipinski definition) is 8. The zero-order chi connectivity index (χ0) is 17.9. The standard InChI is InChI=1S/C12H20N3O8P/c1-13-11-7(5-21-2)4-15(12(17)14-11)10-3-8(16)9(23-10)6-22-24(18,19)20/h4,8-10,16H,3,5-6H2,1-2H3,(H,13,14,17)(H2,18,19,20)/t8-,9+,10+/m0/s1. The van der Waals surface area contributed by atoms with Crippen LogP contribution < -0.4 is 11.0 Å². The van der Waals surface area contributed by atoms with Gasteiger partial charge in [-0.1, -0.05) is 0 Å². The molecule has 0 amide bonds. The minimum atomic E-state index is -4.67. The molecule has 0 aromatic carbocycles. The first-order valence-corrected chi connectivity index (χ1v) is 8.60.